The summed E-state index contributed by atoms with van der Waals surface area (Å²) >= 11 is 1.89. The minimum absolute atomic E-state index is 0.150. The van der Waals surface area contributed by atoms with Crippen LogP contribution >= 0.6 is 11.8 Å². The SMILES string of the molecule is CCCCCCSc1cc(C)c(C(=O)CCN2CCN(S(=O)(=O)CC)CC2)c(C)c1. The van der Waals surface area contributed by atoms with Gasteiger partial charge in [0.05, 0.1) is 5.75 Å². The Morgan fingerprint density at radius 1 is 1.00 bits per heavy atom. The molecule has 30 heavy (non-hydrogen) atoms. The molecule has 1 heterocycles. The largest absolute Gasteiger partial charge is 0.300 e. The molecule has 1 fully saturated rings. The molecule has 0 unspecified atom stereocenters. The zero-order chi connectivity index (χ0) is 22.1. The number of unbranched alkanes of at least 4 members (excludes halogenated alkanes) is 3. The lowest BCUT2D eigenvalue weighted by Crippen LogP contribution is -2.49. The number of piperazine rings is 1. The first-order valence-corrected chi connectivity index (χ1v) is 13.8. The minimum Gasteiger partial charge on any atom is -0.300 e. The van der Waals surface area contributed by atoms with Gasteiger partial charge in [0.15, 0.2) is 5.78 Å². The van der Waals surface area contributed by atoms with E-state index in [1.54, 1.807) is 11.2 Å². The van der Waals surface area contributed by atoms with E-state index >= 15 is 0 Å². The normalized spacial score (nSPS) is 16.1. The number of ketones is 1. The van der Waals surface area contributed by atoms with Crippen molar-refractivity contribution in [2.24, 2.45) is 0 Å². The lowest BCUT2D eigenvalue weighted by molar-refractivity contribution is 0.0951. The molecule has 0 spiro atoms. The summed E-state index contributed by atoms with van der Waals surface area (Å²) < 4.78 is 25.5. The van der Waals surface area contributed by atoms with Crippen molar-refractivity contribution in [2.45, 2.75) is 64.7 Å². The number of benzene rings is 1. The standard InChI is InChI=1S/C23H38N2O3S2/c1-5-7-8-9-16-29-21-17-19(3)23(20(4)18-21)22(26)10-11-24-12-14-25(15-13-24)30(27,28)6-2/h17-18H,5-16H2,1-4H3. The number of thioether (sulfide) groups is 1. The van der Waals surface area contributed by atoms with Crippen molar-refractivity contribution in [3.8, 4) is 0 Å². The molecule has 0 aromatic heterocycles. The average Bonchev–Trinajstić information content (AvgIpc) is 2.72. The van der Waals surface area contributed by atoms with E-state index in [9.17, 15) is 13.2 Å². The highest BCUT2D eigenvalue weighted by molar-refractivity contribution is 7.99. The summed E-state index contributed by atoms with van der Waals surface area (Å²) in [5, 5.41) is 0. The van der Waals surface area contributed by atoms with Gasteiger partial charge >= 0.3 is 0 Å². The van der Waals surface area contributed by atoms with Gasteiger partial charge in [0.1, 0.15) is 0 Å². The smallest absolute Gasteiger partial charge is 0.213 e. The molecule has 2 rings (SSSR count). The number of nitrogens with zero attached hydrogens (tertiary/aromatic N) is 2. The van der Waals surface area contributed by atoms with Crippen LogP contribution in [-0.2, 0) is 10.0 Å². The topological polar surface area (TPSA) is 57.7 Å². The lowest BCUT2D eigenvalue weighted by Gasteiger charge is -2.33. The Bertz CT molecular complexity index is 778. The Labute approximate surface area is 187 Å². The molecule has 1 aromatic rings. The molecule has 0 bridgehead atoms. The molecule has 0 aliphatic carbocycles. The number of sulfonamides is 1. The zero-order valence-corrected chi connectivity index (χ0v) is 20.7. The van der Waals surface area contributed by atoms with Crippen molar-refractivity contribution in [2.75, 3.05) is 44.2 Å². The number of hydrogen-bond donors (Lipinski definition) is 0. The Hall–Kier alpha value is -0.890. The summed E-state index contributed by atoms with van der Waals surface area (Å²) in [6.45, 7) is 11.1. The predicted octanol–water partition coefficient (Wildman–Crippen LogP) is 4.52. The van der Waals surface area contributed by atoms with E-state index in [0.29, 0.717) is 39.1 Å². The third-order valence-electron chi connectivity index (χ3n) is 5.80. The molecule has 1 aliphatic heterocycles. The molecule has 1 saturated heterocycles. The van der Waals surface area contributed by atoms with Crippen LogP contribution in [0.15, 0.2) is 17.0 Å². The van der Waals surface area contributed by atoms with Gasteiger partial charge < -0.3 is 4.90 Å². The fourth-order valence-electron chi connectivity index (χ4n) is 3.96. The van der Waals surface area contributed by atoms with Crippen LogP contribution in [0.4, 0.5) is 0 Å². The van der Waals surface area contributed by atoms with E-state index in [1.807, 2.05) is 25.6 Å². The summed E-state index contributed by atoms with van der Waals surface area (Å²) in [5.41, 5.74) is 2.99. The average molecular weight is 455 g/mol. The highest BCUT2D eigenvalue weighted by Crippen LogP contribution is 2.26. The highest BCUT2D eigenvalue weighted by atomic mass is 32.2. The maximum atomic E-state index is 12.9. The summed E-state index contributed by atoms with van der Waals surface area (Å²) in [4.78, 5) is 16.4. The van der Waals surface area contributed by atoms with Crippen LogP contribution < -0.4 is 0 Å². The quantitative estimate of drug-likeness (QED) is 0.264. The molecule has 0 saturated carbocycles. The van der Waals surface area contributed by atoms with Gasteiger partial charge in [-0.25, -0.2) is 8.42 Å². The molecular weight excluding hydrogens is 416 g/mol. The van der Waals surface area contributed by atoms with Gasteiger partial charge in [-0.3, -0.25) is 4.79 Å². The Morgan fingerprint density at radius 3 is 2.20 bits per heavy atom. The first kappa shape index (κ1) is 25.4. The van der Waals surface area contributed by atoms with Gasteiger partial charge in [-0.1, -0.05) is 26.2 Å². The van der Waals surface area contributed by atoms with Crippen molar-refractivity contribution in [3.05, 3.63) is 28.8 Å². The van der Waals surface area contributed by atoms with Crippen molar-refractivity contribution in [1.29, 1.82) is 0 Å². The second-order valence-electron chi connectivity index (χ2n) is 8.16. The molecule has 170 valence electrons. The molecule has 0 atom stereocenters. The fourth-order valence-corrected chi connectivity index (χ4v) is 6.15. The summed E-state index contributed by atoms with van der Waals surface area (Å²) in [7, 11) is -3.11. The fraction of sp³-hybridized carbons (Fsp3) is 0.696. The van der Waals surface area contributed by atoms with Gasteiger partial charge in [-0.05, 0) is 56.2 Å². The second-order valence-corrected chi connectivity index (χ2v) is 11.6. The molecule has 5 nitrogen and oxygen atoms in total. The van der Waals surface area contributed by atoms with Gasteiger partial charge in [0.2, 0.25) is 10.0 Å². The maximum absolute atomic E-state index is 12.9. The van der Waals surface area contributed by atoms with E-state index in [-0.39, 0.29) is 11.5 Å². The van der Waals surface area contributed by atoms with Gasteiger partial charge in [-0.15, -0.1) is 11.8 Å². The van der Waals surface area contributed by atoms with Crippen LogP contribution in [-0.4, -0.2) is 67.6 Å². The number of rotatable bonds is 12. The number of carbonyl (C=O) groups excluding carboxylic acids is 1. The Kier molecular flexibility index (Phi) is 10.3. The molecule has 0 N–H and O–H groups in total. The van der Waals surface area contributed by atoms with Gasteiger partial charge in [-0.2, -0.15) is 4.31 Å². The van der Waals surface area contributed by atoms with Crippen LogP contribution in [0.25, 0.3) is 0 Å². The number of carbonyl (C=O) groups is 1. The number of Topliss-reactive ketones (excluding diaryl/α,β-unsaturated/α-hetero) is 1. The number of hydrogen-bond acceptors (Lipinski definition) is 5. The Morgan fingerprint density at radius 2 is 1.63 bits per heavy atom. The highest BCUT2D eigenvalue weighted by Gasteiger charge is 2.25. The van der Waals surface area contributed by atoms with Crippen molar-refractivity contribution >= 4 is 27.6 Å². The molecule has 7 heteroatoms. The molecule has 0 radical (unpaired) electrons. The first-order valence-electron chi connectivity index (χ1n) is 11.3. The van der Waals surface area contributed by atoms with Crippen LogP contribution in [0, 0.1) is 13.8 Å². The maximum Gasteiger partial charge on any atom is 0.213 e. The van der Waals surface area contributed by atoms with Crippen LogP contribution in [0.1, 0.15) is 67.4 Å². The minimum atomic E-state index is -3.11. The van der Waals surface area contributed by atoms with Crippen molar-refractivity contribution < 1.29 is 13.2 Å². The van der Waals surface area contributed by atoms with Gasteiger partial charge in [0.25, 0.3) is 0 Å². The van der Waals surface area contributed by atoms with E-state index in [0.717, 1.165) is 22.4 Å². The van der Waals surface area contributed by atoms with Crippen LogP contribution in [0.5, 0.6) is 0 Å². The molecule has 0 amide bonds. The lowest BCUT2D eigenvalue weighted by atomic mass is 9.97. The zero-order valence-electron chi connectivity index (χ0n) is 19.1. The number of aryl methyl sites for hydroxylation is 2. The predicted molar refractivity (Wildman–Crippen MR) is 127 cm³/mol. The molecule has 1 aromatic carbocycles. The summed E-state index contributed by atoms with van der Waals surface area (Å²) in [6, 6.07) is 4.30. The van der Waals surface area contributed by atoms with Crippen molar-refractivity contribution in [1.82, 2.24) is 9.21 Å². The third-order valence-corrected chi connectivity index (χ3v) is 8.74. The molecular formula is C23H38N2O3S2. The van der Waals surface area contributed by atoms with E-state index in [1.165, 1.54) is 30.6 Å². The second kappa shape index (κ2) is 12.2. The monoisotopic (exact) mass is 454 g/mol. The first-order chi connectivity index (χ1) is 14.3. The van der Waals surface area contributed by atoms with Gasteiger partial charge in [0, 0.05) is 49.6 Å². The van der Waals surface area contributed by atoms with Crippen molar-refractivity contribution in [3.63, 3.8) is 0 Å². The van der Waals surface area contributed by atoms with Crippen LogP contribution in [0.3, 0.4) is 0 Å². The summed E-state index contributed by atoms with van der Waals surface area (Å²) in [6.07, 6.45) is 5.56. The van der Waals surface area contributed by atoms with E-state index in [4.69, 9.17) is 0 Å². The third kappa shape index (κ3) is 7.36. The Balaban J connectivity index is 1.85. The van der Waals surface area contributed by atoms with Crippen LogP contribution in [0.2, 0.25) is 0 Å². The van der Waals surface area contributed by atoms with E-state index in [2.05, 4.69) is 24.0 Å². The summed E-state index contributed by atoms with van der Waals surface area (Å²) in [5.74, 6) is 1.47. The molecule has 1 aliphatic rings. The van der Waals surface area contributed by atoms with E-state index < -0.39 is 10.0 Å².